The van der Waals surface area contributed by atoms with E-state index in [0.717, 1.165) is 11.0 Å². The van der Waals surface area contributed by atoms with E-state index in [9.17, 15) is 9.59 Å². The van der Waals surface area contributed by atoms with E-state index >= 15 is 0 Å². The summed E-state index contributed by atoms with van der Waals surface area (Å²) in [6, 6.07) is 13.3. The molecule has 1 amide bonds. The van der Waals surface area contributed by atoms with Gasteiger partial charge in [-0.1, -0.05) is 24.3 Å². The molecule has 0 aliphatic rings. The third-order valence-electron chi connectivity index (χ3n) is 3.80. The van der Waals surface area contributed by atoms with Crippen molar-refractivity contribution in [1.29, 1.82) is 0 Å². The highest BCUT2D eigenvalue weighted by Gasteiger charge is 2.13. The normalized spacial score (nSPS) is 10.9. The minimum atomic E-state index is -0.222. The van der Waals surface area contributed by atoms with Crippen LogP contribution in [0.1, 0.15) is 22.5 Å². The SMILES string of the molecule is O=C(CCC(=O)c1cccs1)Nc1nc(-c2cc3ccccc3o2)cs1. The highest BCUT2D eigenvalue weighted by molar-refractivity contribution is 7.14. The number of furan rings is 1. The first kappa shape index (κ1) is 16.7. The molecule has 0 aliphatic carbocycles. The molecular weight excluding hydrogens is 368 g/mol. The van der Waals surface area contributed by atoms with E-state index in [1.807, 2.05) is 47.2 Å². The van der Waals surface area contributed by atoms with Gasteiger partial charge in [-0.3, -0.25) is 9.59 Å². The molecule has 0 unspecified atom stereocenters. The van der Waals surface area contributed by atoms with Gasteiger partial charge in [-0.05, 0) is 23.6 Å². The van der Waals surface area contributed by atoms with Gasteiger partial charge in [0.2, 0.25) is 5.91 Å². The van der Waals surface area contributed by atoms with Gasteiger partial charge in [-0.25, -0.2) is 4.98 Å². The summed E-state index contributed by atoms with van der Waals surface area (Å²) in [6.07, 6.45) is 0.324. The highest BCUT2D eigenvalue weighted by atomic mass is 32.1. The van der Waals surface area contributed by atoms with Crippen LogP contribution >= 0.6 is 22.7 Å². The minimum absolute atomic E-state index is 0.0164. The van der Waals surface area contributed by atoms with Crippen LogP contribution < -0.4 is 5.32 Å². The van der Waals surface area contributed by atoms with Crippen LogP contribution in [-0.2, 0) is 4.79 Å². The number of thiophene rings is 1. The van der Waals surface area contributed by atoms with Crippen LogP contribution in [0.25, 0.3) is 22.4 Å². The summed E-state index contributed by atoms with van der Waals surface area (Å²) < 4.78 is 5.78. The average molecular weight is 382 g/mol. The van der Waals surface area contributed by atoms with E-state index in [1.165, 1.54) is 22.7 Å². The van der Waals surface area contributed by atoms with E-state index in [4.69, 9.17) is 4.42 Å². The molecule has 0 radical (unpaired) electrons. The number of para-hydroxylation sites is 1. The molecule has 4 rings (SSSR count). The predicted molar refractivity (Wildman–Crippen MR) is 104 cm³/mol. The lowest BCUT2D eigenvalue weighted by molar-refractivity contribution is -0.116. The Kier molecular flexibility index (Phi) is 4.64. The number of carbonyl (C=O) groups is 2. The van der Waals surface area contributed by atoms with E-state index in [2.05, 4.69) is 10.3 Å². The van der Waals surface area contributed by atoms with Gasteiger partial charge in [0.25, 0.3) is 0 Å². The number of carbonyl (C=O) groups excluding carboxylic acids is 2. The molecule has 4 aromatic rings. The van der Waals surface area contributed by atoms with E-state index in [-0.39, 0.29) is 24.5 Å². The van der Waals surface area contributed by atoms with Crippen molar-refractivity contribution in [3.63, 3.8) is 0 Å². The predicted octanol–water partition coefficient (Wildman–Crippen LogP) is 5.22. The number of hydrogen-bond donors (Lipinski definition) is 1. The molecule has 0 bridgehead atoms. The molecule has 0 fully saturated rings. The zero-order chi connectivity index (χ0) is 17.9. The van der Waals surface area contributed by atoms with Crippen LogP contribution in [0.5, 0.6) is 0 Å². The molecule has 1 aromatic carbocycles. The number of Topliss-reactive ketones (excluding diaryl/α,β-unsaturated/α-hetero) is 1. The van der Waals surface area contributed by atoms with Gasteiger partial charge in [0.05, 0.1) is 4.88 Å². The number of hydrogen-bond acceptors (Lipinski definition) is 6. The quantitative estimate of drug-likeness (QED) is 0.464. The molecule has 0 atom stereocenters. The Morgan fingerprint density at radius 3 is 2.77 bits per heavy atom. The average Bonchev–Trinajstić information content (AvgIpc) is 3.38. The molecule has 3 heterocycles. The number of benzene rings is 1. The molecule has 5 nitrogen and oxygen atoms in total. The molecule has 130 valence electrons. The number of nitrogens with one attached hydrogen (secondary N) is 1. The zero-order valence-corrected chi connectivity index (χ0v) is 15.2. The van der Waals surface area contributed by atoms with E-state index in [0.29, 0.717) is 21.5 Å². The molecule has 1 N–H and O–H groups in total. The van der Waals surface area contributed by atoms with Crippen molar-refractivity contribution in [2.75, 3.05) is 5.32 Å². The Balaban J connectivity index is 1.38. The summed E-state index contributed by atoms with van der Waals surface area (Å²) in [5.74, 6) is 0.425. The van der Waals surface area contributed by atoms with Gasteiger partial charge in [-0.2, -0.15) is 0 Å². The summed E-state index contributed by atoms with van der Waals surface area (Å²) in [7, 11) is 0. The topological polar surface area (TPSA) is 72.2 Å². The van der Waals surface area contributed by atoms with Gasteiger partial charge >= 0.3 is 0 Å². The Bertz CT molecular complexity index is 1030. The Hall–Kier alpha value is -2.77. The van der Waals surface area contributed by atoms with E-state index < -0.39 is 0 Å². The first-order valence-electron chi connectivity index (χ1n) is 8.00. The van der Waals surface area contributed by atoms with Gasteiger partial charge < -0.3 is 9.73 Å². The van der Waals surface area contributed by atoms with Crippen LogP contribution in [0.3, 0.4) is 0 Å². The smallest absolute Gasteiger partial charge is 0.226 e. The van der Waals surface area contributed by atoms with Crippen LogP contribution in [0, 0.1) is 0 Å². The summed E-state index contributed by atoms with van der Waals surface area (Å²) in [5, 5.41) is 7.93. The van der Waals surface area contributed by atoms with Crippen molar-refractivity contribution in [2.45, 2.75) is 12.8 Å². The van der Waals surface area contributed by atoms with Gasteiger partial charge in [0.15, 0.2) is 16.7 Å². The highest BCUT2D eigenvalue weighted by Crippen LogP contribution is 2.30. The standard InChI is InChI=1S/C19H14N2O3S2/c22-14(17-6-3-9-25-17)7-8-18(23)21-19-20-13(11-26-19)16-10-12-4-1-2-5-15(12)24-16/h1-6,9-11H,7-8H2,(H,20,21,23). The zero-order valence-electron chi connectivity index (χ0n) is 13.6. The van der Waals surface area contributed by atoms with Crippen molar-refractivity contribution in [3.05, 3.63) is 58.1 Å². The van der Waals surface area contributed by atoms with Crippen molar-refractivity contribution >= 4 is 50.5 Å². The van der Waals surface area contributed by atoms with E-state index in [1.54, 1.807) is 6.07 Å². The number of fused-ring (bicyclic) bond motifs is 1. The Labute approximate surface area is 157 Å². The second kappa shape index (κ2) is 7.23. The van der Waals surface area contributed by atoms with Crippen molar-refractivity contribution in [3.8, 4) is 11.5 Å². The summed E-state index contributed by atoms with van der Waals surface area (Å²) in [6.45, 7) is 0. The van der Waals surface area contributed by atoms with Crippen molar-refractivity contribution < 1.29 is 14.0 Å². The number of ketones is 1. The molecule has 26 heavy (non-hydrogen) atoms. The molecule has 0 aliphatic heterocycles. The van der Waals surface area contributed by atoms with Crippen LogP contribution in [-0.4, -0.2) is 16.7 Å². The number of thiazole rings is 1. The monoisotopic (exact) mass is 382 g/mol. The first-order chi connectivity index (χ1) is 12.7. The molecular formula is C19H14N2O3S2. The summed E-state index contributed by atoms with van der Waals surface area (Å²) >= 11 is 2.72. The number of nitrogens with zero attached hydrogens (tertiary/aromatic N) is 1. The van der Waals surface area contributed by atoms with Gasteiger partial charge in [-0.15, -0.1) is 22.7 Å². The van der Waals surface area contributed by atoms with Crippen LogP contribution in [0.15, 0.2) is 57.6 Å². The number of amides is 1. The van der Waals surface area contributed by atoms with Gasteiger partial charge in [0.1, 0.15) is 11.3 Å². The fraction of sp³-hybridized carbons (Fsp3) is 0.105. The lowest BCUT2D eigenvalue weighted by Crippen LogP contribution is -2.13. The van der Waals surface area contributed by atoms with Crippen molar-refractivity contribution in [2.24, 2.45) is 0 Å². The second-order valence-corrected chi connectivity index (χ2v) is 7.44. The number of anilines is 1. The third kappa shape index (κ3) is 3.58. The lowest BCUT2D eigenvalue weighted by Gasteiger charge is -2.00. The maximum atomic E-state index is 12.1. The maximum absolute atomic E-state index is 12.1. The van der Waals surface area contributed by atoms with Crippen molar-refractivity contribution in [1.82, 2.24) is 4.98 Å². The van der Waals surface area contributed by atoms with Crippen LogP contribution in [0.2, 0.25) is 0 Å². The maximum Gasteiger partial charge on any atom is 0.226 e. The molecule has 0 saturated carbocycles. The van der Waals surface area contributed by atoms with Crippen LogP contribution in [0.4, 0.5) is 5.13 Å². The Morgan fingerprint density at radius 2 is 1.96 bits per heavy atom. The second-order valence-electron chi connectivity index (χ2n) is 5.64. The molecule has 3 aromatic heterocycles. The molecule has 0 saturated heterocycles. The molecule has 0 spiro atoms. The number of aromatic nitrogens is 1. The van der Waals surface area contributed by atoms with Gasteiger partial charge in [0, 0.05) is 23.6 Å². The summed E-state index contributed by atoms with van der Waals surface area (Å²) in [4.78, 5) is 29.1. The lowest BCUT2D eigenvalue weighted by atomic mass is 10.2. The fourth-order valence-electron chi connectivity index (χ4n) is 2.52. The largest absolute Gasteiger partial charge is 0.454 e. The number of rotatable bonds is 6. The summed E-state index contributed by atoms with van der Waals surface area (Å²) in [5.41, 5.74) is 1.48. The molecule has 7 heteroatoms. The third-order valence-corrected chi connectivity index (χ3v) is 5.47. The first-order valence-corrected chi connectivity index (χ1v) is 9.76. The Morgan fingerprint density at radius 1 is 1.08 bits per heavy atom. The minimum Gasteiger partial charge on any atom is -0.454 e. The fourth-order valence-corrected chi connectivity index (χ4v) is 3.93.